The van der Waals surface area contributed by atoms with Gasteiger partial charge in [-0.15, -0.1) is 0 Å². The highest BCUT2D eigenvalue weighted by Crippen LogP contribution is 2.18. The minimum atomic E-state index is -1.14. The number of nitrogens with zero attached hydrogens (tertiary/aromatic N) is 1. The summed E-state index contributed by atoms with van der Waals surface area (Å²) in [7, 11) is 1.06. The zero-order chi connectivity index (χ0) is 23.2. The Kier molecular flexibility index (Phi) is 12.5. The van der Waals surface area contributed by atoms with Gasteiger partial charge in [-0.3, -0.25) is 4.98 Å². The number of rotatable bonds is 4. The molecule has 0 aliphatic rings. The fourth-order valence-electron chi connectivity index (χ4n) is 2.46. The smallest absolute Gasteiger partial charge is 0.135 e. The van der Waals surface area contributed by atoms with E-state index in [4.69, 9.17) is 4.42 Å². The summed E-state index contributed by atoms with van der Waals surface area (Å²) in [4.78, 5) is 5.52. The fraction of sp³-hybridized carbons (Fsp3) is 0.261. The number of hydrogen-bond donors (Lipinski definition) is 2. The molecule has 0 saturated heterocycles. The number of furan rings is 1. The summed E-state index contributed by atoms with van der Waals surface area (Å²) < 4.78 is 33.3. The van der Waals surface area contributed by atoms with Crippen LogP contribution in [0.2, 0.25) is 0 Å². The lowest BCUT2D eigenvalue weighted by Gasteiger charge is -2.01. The Labute approximate surface area is 189 Å². The van der Waals surface area contributed by atoms with E-state index in [0.29, 0.717) is 0 Å². The van der Waals surface area contributed by atoms with Crippen molar-refractivity contribution in [2.75, 3.05) is 14.1 Å². The Morgan fingerprint density at radius 2 is 1.32 bits per heavy atom. The van der Waals surface area contributed by atoms with Crippen molar-refractivity contribution in [3.63, 3.8) is 0 Å². The van der Waals surface area contributed by atoms with Crippen LogP contribution in [-0.4, -0.2) is 27.5 Å². The summed E-state index contributed by atoms with van der Waals surface area (Å²) in [6, 6.07) is 15.0. The van der Waals surface area contributed by atoms with Gasteiger partial charge in [0.1, 0.15) is 27.6 Å². The van der Waals surface area contributed by atoms with Gasteiger partial charge in [0.2, 0.25) is 0 Å². The van der Waals surface area contributed by atoms with Crippen LogP contribution in [0.25, 0.3) is 21.7 Å². The second-order valence-corrected chi connectivity index (χ2v) is 8.28. The molecule has 8 heteroatoms. The van der Waals surface area contributed by atoms with Gasteiger partial charge in [-0.1, -0.05) is 33.8 Å². The zero-order valence-electron chi connectivity index (χ0n) is 18.8. The molecule has 168 valence electrons. The molecule has 6 nitrogen and oxygen atoms in total. The monoisotopic (exact) mass is 461 g/mol. The van der Waals surface area contributed by atoms with Gasteiger partial charge in [-0.05, 0) is 61.9 Å². The molecular formula is C23H31N3O3S2. The summed E-state index contributed by atoms with van der Waals surface area (Å²) in [5.74, 6) is 0. The van der Waals surface area contributed by atoms with E-state index in [9.17, 15) is 8.42 Å². The largest absolute Gasteiger partial charge is 0.464 e. The van der Waals surface area contributed by atoms with Crippen LogP contribution in [0.15, 0.2) is 81.4 Å². The Hall–Kier alpha value is -2.39. The molecule has 2 N–H and O–H groups in total. The lowest BCUT2D eigenvalue weighted by Crippen LogP contribution is -2.10. The van der Waals surface area contributed by atoms with Crippen molar-refractivity contribution in [3.8, 4) is 0 Å². The molecule has 0 radical (unpaired) electrons. The molecule has 4 aromatic rings. The highest BCUT2D eigenvalue weighted by molar-refractivity contribution is 7.83. The molecule has 0 bridgehead atoms. The van der Waals surface area contributed by atoms with Gasteiger partial charge in [-0.25, -0.2) is 17.9 Å². The highest BCUT2D eigenvalue weighted by Gasteiger charge is 2.03. The minimum absolute atomic E-state index is 0.727. The number of fused-ring (bicyclic) bond motifs is 2. The van der Waals surface area contributed by atoms with Crippen molar-refractivity contribution in [1.82, 2.24) is 14.4 Å². The summed E-state index contributed by atoms with van der Waals surface area (Å²) in [5, 5.41) is 3.14. The number of benzene rings is 2. The molecule has 0 aliphatic carbocycles. The maximum absolute atomic E-state index is 11.4. The van der Waals surface area contributed by atoms with E-state index in [1.54, 1.807) is 38.8 Å². The van der Waals surface area contributed by atoms with Gasteiger partial charge in [0.05, 0.1) is 16.1 Å². The average molecular weight is 462 g/mol. The summed E-state index contributed by atoms with van der Waals surface area (Å²) >= 11 is 0. The minimum Gasteiger partial charge on any atom is -0.464 e. The number of aromatic nitrogens is 1. The normalized spacial score (nSPS) is 11.8. The Balaban J connectivity index is 0.000000268. The van der Waals surface area contributed by atoms with Crippen LogP contribution in [0.5, 0.6) is 0 Å². The van der Waals surface area contributed by atoms with Crippen LogP contribution in [0, 0.1) is 0 Å². The van der Waals surface area contributed by atoms with Gasteiger partial charge < -0.3 is 4.42 Å². The average Bonchev–Trinajstić information content (AvgIpc) is 3.33. The number of hydrogen-bond acceptors (Lipinski definition) is 4. The molecule has 4 rings (SSSR count). The molecule has 2 aromatic heterocycles. The van der Waals surface area contributed by atoms with Gasteiger partial charge in [-0.2, -0.15) is 0 Å². The van der Waals surface area contributed by atoms with E-state index >= 15 is 0 Å². The van der Waals surface area contributed by atoms with E-state index in [0.717, 1.165) is 31.5 Å². The van der Waals surface area contributed by atoms with Crippen LogP contribution in [0.4, 0.5) is 0 Å². The lowest BCUT2D eigenvalue weighted by molar-refractivity contribution is 0.614. The predicted molar refractivity (Wildman–Crippen MR) is 132 cm³/mol. The first-order valence-corrected chi connectivity index (χ1v) is 12.4. The van der Waals surface area contributed by atoms with E-state index in [2.05, 4.69) is 14.4 Å². The molecule has 2 aromatic carbocycles. The van der Waals surface area contributed by atoms with E-state index in [1.807, 2.05) is 70.2 Å². The third-order valence-electron chi connectivity index (χ3n) is 3.84. The van der Waals surface area contributed by atoms with Crippen molar-refractivity contribution < 1.29 is 12.8 Å². The molecule has 2 heterocycles. The van der Waals surface area contributed by atoms with Crippen molar-refractivity contribution in [2.45, 2.75) is 37.5 Å². The lowest BCUT2D eigenvalue weighted by atomic mass is 10.2. The summed E-state index contributed by atoms with van der Waals surface area (Å²) in [6.07, 6.45) is 5.14. The third kappa shape index (κ3) is 7.66. The summed E-state index contributed by atoms with van der Waals surface area (Å²) in [5.41, 5.74) is 0.765. The SMILES string of the molecule is CC.CC.CNS(=O)c1ccc2ccncc2c1.CNS(=O)c1ccc2ccoc2c1. The first-order valence-electron chi connectivity index (χ1n) is 10.1. The Morgan fingerprint density at radius 1 is 0.742 bits per heavy atom. The molecule has 31 heavy (non-hydrogen) atoms. The van der Waals surface area contributed by atoms with Crippen molar-refractivity contribution in [3.05, 3.63) is 67.2 Å². The first-order chi connectivity index (χ1) is 15.1. The second-order valence-electron chi connectivity index (χ2n) is 5.45. The molecule has 2 unspecified atom stereocenters. The maximum atomic E-state index is 11.4. The standard InChI is InChI=1S/C10H10N2OS.C9H9NO2S.2C2H6/c1-11-14(13)10-3-2-8-4-5-12-7-9(8)6-10;1-10-13(11)8-3-2-7-4-5-12-9(7)6-8;2*1-2/h2-7,11H,1H3;2-6,10H,1H3;2*1-2H3. The van der Waals surface area contributed by atoms with Crippen molar-refractivity contribution >= 4 is 43.7 Å². The number of nitrogens with one attached hydrogen (secondary N) is 2. The Bertz CT molecular complexity index is 1110. The molecular weight excluding hydrogens is 430 g/mol. The summed E-state index contributed by atoms with van der Waals surface area (Å²) in [6.45, 7) is 8.00. The molecule has 0 fully saturated rings. The molecule has 2 atom stereocenters. The van der Waals surface area contributed by atoms with E-state index in [-0.39, 0.29) is 0 Å². The Morgan fingerprint density at radius 3 is 1.94 bits per heavy atom. The first kappa shape index (κ1) is 26.6. The van der Waals surface area contributed by atoms with Crippen LogP contribution in [0.3, 0.4) is 0 Å². The quantitative estimate of drug-likeness (QED) is 0.437. The van der Waals surface area contributed by atoms with Gasteiger partial charge in [0.15, 0.2) is 0 Å². The zero-order valence-corrected chi connectivity index (χ0v) is 20.5. The third-order valence-corrected chi connectivity index (χ3v) is 5.94. The van der Waals surface area contributed by atoms with Crippen LogP contribution >= 0.6 is 0 Å². The molecule has 0 amide bonds. The second kappa shape index (κ2) is 14.6. The molecule has 0 aliphatic heterocycles. The van der Waals surface area contributed by atoms with Crippen LogP contribution in [-0.2, 0) is 22.0 Å². The van der Waals surface area contributed by atoms with Crippen LogP contribution < -0.4 is 9.44 Å². The van der Waals surface area contributed by atoms with E-state index in [1.165, 1.54) is 0 Å². The molecule has 0 saturated carbocycles. The predicted octanol–water partition coefficient (Wildman–Crippen LogP) is 5.20. The highest BCUT2D eigenvalue weighted by atomic mass is 32.2. The molecule has 0 spiro atoms. The van der Waals surface area contributed by atoms with Gasteiger partial charge in [0.25, 0.3) is 0 Å². The van der Waals surface area contributed by atoms with Gasteiger partial charge in [0, 0.05) is 23.2 Å². The van der Waals surface area contributed by atoms with Crippen LogP contribution in [0.1, 0.15) is 27.7 Å². The van der Waals surface area contributed by atoms with Crippen molar-refractivity contribution in [2.24, 2.45) is 0 Å². The topological polar surface area (TPSA) is 84.2 Å². The van der Waals surface area contributed by atoms with Crippen molar-refractivity contribution in [1.29, 1.82) is 0 Å². The maximum Gasteiger partial charge on any atom is 0.135 e. The van der Waals surface area contributed by atoms with Gasteiger partial charge >= 0.3 is 0 Å². The number of pyridine rings is 1. The fourth-order valence-corrected chi connectivity index (χ4v) is 3.77. The van der Waals surface area contributed by atoms with E-state index < -0.39 is 22.0 Å².